The summed E-state index contributed by atoms with van der Waals surface area (Å²) in [4.78, 5) is 2.35. The third-order valence-corrected chi connectivity index (χ3v) is 6.74. The molecule has 0 atom stereocenters. The van der Waals surface area contributed by atoms with Gasteiger partial charge in [-0.3, -0.25) is 4.90 Å². The van der Waals surface area contributed by atoms with Crippen LogP contribution in [0.3, 0.4) is 0 Å². The maximum Gasteiger partial charge on any atom is 0.282 e. The fraction of sp³-hybridized carbons (Fsp3) is 0.625. The lowest BCUT2D eigenvalue weighted by Crippen LogP contribution is -2.52. The Bertz CT molecular complexity index is 604. The molecule has 6 heteroatoms. The maximum absolute atomic E-state index is 12.5. The van der Waals surface area contributed by atoms with Gasteiger partial charge in [0.25, 0.3) is 10.2 Å². The topological polar surface area (TPSA) is 43.9 Å². The average Bonchev–Trinajstić information content (AvgIpc) is 3.05. The van der Waals surface area contributed by atoms with Gasteiger partial charge in [-0.05, 0) is 30.9 Å². The summed E-state index contributed by atoms with van der Waals surface area (Å²) in [5.41, 5.74) is 2.63. The molecule has 0 N–H and O–H groups in total. The second-order valence-corrected chi connectivity index (χ2v) is 8.14. The van der Waals surface area contributed by atoms with Gasteiger partial charge >= 0.3 is 0 Å². The summed E-state index contributed by atoms with van der Waals surface area (Å²) < 4.78 is 28.4. The normalized spacial score (nSPS) is 22.2. The van der Waals surface area contributed by atoms with Crippen LogP contribution in [0.2, 0.25) is 0 Å². The summed E-state index contributed by atoms with van der Waals surface area (Å²) in [6, 6.07) is 8.40. The molecule has 0 saturated carbocycles. The quantitative estimate of drug-likeness (QED) is 0.842. The van der Waals surface area contributed by atoms with Gasteiger partial charge in [0, 0.05) is 45.8 Å². The van der Waals surface area contributed by atoms with E-state index in [-0.39, 0.29) is 0 Å². The molecule has 0 amide bonds. The third-order valence-electron chi connectivity index (χ3n) is 4.70. The molecule has 2 aliphatic rings. The molecule has 0 aromatic heterocycles. The first-order chi connectivity index (χ1) is 10.6. The van der Waals surface area contributed by atoms with Crippen molar-refractivity contribution < 1.29 is 8.42 Å². The summed E-state index contributed by atoms with van der Waals surface area (Å²) in [6.45, 7) is 7.23. The maximum atomic E-state index is 12.5. The second-order valence-electron chi connectivity index (χ2n) is 6.22. The fourth-order valence-corrected chi connectivity index (χ4v) is 4.90. The van der Waals surface area contributed by atoms with Crippen molar-refractivity contribution in [2.75, 3.05) is 39.3 Å². The van der Waals surface area contributed by atoms with E-state index in [0.717, 1.165) is 32.5 Å². The van der Waals surface area contributed by atoms with Crippen LogP contribution in [0.4, 0.5) is 0 Å². The van der Waals surface area contributed by atoms with Crippen molar-refractivity contribution in [3.63, 3.8) is 0 Å². The molecule has 0 spiro atoms. The lowest BCUT2D eigenvalue weighted by atomic mass is 10.1. The standard InChI is InChI=1S/C16H25N3O2S/c1-15-6-2-3-7-16(15)14-17-10-12-19(13-11-17)22(20,21)18-8-4-5-9-18/h2-3,6-7H,4-5,8-14H2,1H3. The van der Waals surface area contributed by atoms with Crippen molar-refractivity contribution >= 4 is 10.2 Å². The van der Waals surface area contributed by atoms with Gasteiger partial charge in [-0.1, -0.05) is 24.3 Å². The smallest absolute Gasteiger partial charge is 0.282 e. The van der Waals surface area contributed by atoms with E-state index < -0.39 is 10.2 Å². The fourth-order valence-electron chi connectivity index (χ4n) is 3.23. The zero-order chi connectivity index (χ0) is 15.6. The van der Waals surface area contributed by atoms with Crippen LogP contribution < -0.4 is 0 Å². The van der Waals surface area contributed by atoms with Crippen LogP contribution in [0.15, 0.2) is 24.3 Å². The van der Waals surface area contributed by atoms with E-state index in [1.807, 2.05) is 0 Å². The Morgan fingerprint density at radius 3 is 2.14 bits per heavy atom. The van der Waals surface area contributed by atoms with Gasteiger partial charge in [0.15, 0.2) is 0 Å². The van der Waals surface area contributed by atoms with E-state index in [2.05, 4.69) is 36.1 Å². The molecule has 22 heavy (non-hydrogen) atoms. The number of hydrogen-bond donors (Lipinski definition) is 0. The van der Waals surface area contributed by atoms with Crippen LogP contribution in [-0.4, -0.2) is 61.2 Å². The first-order valence-electron chi connectivity index (χ1n) is 8.09. The molecule has 2 fully saturated rings. The number of benzene rings is 1. The molecule has 0 radical (unpaired) electrons. The highest BCUT2D eigenvalue weighted by Crippen LogP contribution is 2.19. The molecule has 3 rings (SSSR count). The van der Waals surface area contributed by atoms with Crippen molar-refractivity contribution in [3.05, 3.63) is 35.4 Å². The lowest BCUT2D eigenvalue weighted by molar-refractivity contribution is 0.176. The third kappa shape index (κ3) is 3.35. The highest BCUT2D eigenvalue weighted by Gasteiger charge is 2.33. The predicted octanol–water partition coefficient (Wildman–Crippen LogP) is 1.45. The minimum absolute atomic E-state index is 0.602. The first-order valence-corrected chi connectivity index (χ1v) is 9.49. The molecule has 122 valence electrons. The molecule has 1 aromatic carbocycles. The van der Waals surface area contributed by atoms with E-state index in [9.17, 15) is 8.42 Å². The molecular formula is C16H25N3O2S. The van der Waals surface area contributed by atoms with Crippen LogP contribution in [0.1, 0.15) is 24.0 Å². The Hall–Kier alpha value is -0.950. The summed E-state index contributed by atoms with van der Waals surface area (Å²) in [7, 11) is -3.23. The zero-order valence-electron chi connectivity index (χ0n) is 13.2. The minimum Gasteiger partial charge on any atom is -0.296 e. The van der Waals surface area contributed by atoms with E-state index in [0.29, 0.717) is 26.2 Å². The summed E-state index contributed by atoms with van der Waals surface area (Å²) in [6.07, 6.45) is 1.99. The highest BCUT2D eigenvalue weighted by atomic mass is 32.2. The van der Waals surface area contributed by atoms with Gasteiger partial charge in [-0.2, -0.15) is 17.0 Å². The molecule has 5 nitrogen and oxygen atoms in total. The molecule has 0 unspecified atom stereocenters. The number of aryl methyl sites for hydroxylation is 1. The number of rotatable bonds is 4. The minimum atomic E-state index is -3.23. The van der Waals surface area contributed by atoms with Gasteiger partial charge in [0.1, 0.15) is 0 Å². The summed E-state index contributed by atoms with van der Waals surface area (Å²) >= 11 is 0. The second kappa shape index (κ2) is 6.66. The van der Waals surface area contributed by atoms with E-state index in [1.165, 1.54) is 11.1 Å². The van der Waals surface area contributed by atoms with Crippen LogP contribution in [0.25, 0.3) is 0 Å². The predicted molar refractivity (Wildman–Crippen MR) is 87.8 cm³/mol. The Morgan fingerprint density at radius 2 is 1.50 bits per heavy atom. The number of nitrogens with zero attached hydrogens (tertiary/aromatic N) is 3. The van der Waals surface area contributed by atoms with Gasteiger partial charge in [0.05, 0.1) is 0 Å². The summed E-state index contributed by atoms with van der Waals surface area (Å²) in [5.74, 6) is 0. The molecule has 2 heterocycles. The van der Waals surface area contributed by atoms with Gasteiger partial charge < -0.3 is 0 Å². The average molecular weight is 323 g/mol. The van der Waals surface area contributed by atoms with Gasteiger partial charge in [0.2, 0.25) is 0 Å². The molecule has 2 saturated heterocycles. The van der Waals surface area contributed by atoms with Gasteiger partial charge in [-0.15, -0.1) is 0 Å². The molecule has 1 aromatic rings. The number of hydrogen-bond acceptors (Lipinski definition) is 3. The molecule has 0 bridgehead atoms. The van der Waals surface area contributed by atoms with Crippen molar-refractivity contribution in [1.29, 1.82) is 0 Å². The highest BCUT2D eigenvalue weighted by molar-refractivity contribution is 7.86. The zero-order valence-corrected chi connectivity index (χ0v) is 14.1. The van der Waals surface area contributed by atoms with Crippen molar-refractivity contribution in [2.45, 2.75) is 26.3 Å². The van der Waals surface area contributed by atoms with Crippen molar-refractivity contribution in [1.82, 2.24) is 13.5 Å². The van der Waals surface area contributed by atoms with Crippen LogP contribution in [-0.2, 0) is 16.8 Å². The van der Waals surface area contributed by atoms with Crippen LogP contribution in [0, 0.1) is 6.92 Å². The number of piperazine rings is 1. The summed E-state index contributed by atoms with van der Waals surface area (Å²) in [5, 5.41) is 0. The van der Waals surface area contributed by atoms with E-state index in [4.69, 9.17) is 0 Å². The lowest BCUT2D eigenvalue weighted by Gasteiger charge is -2.36. The van der Waals surface area contributed by atoms with Crippen molar-refractivity contribution in [3.8, 4) is 0 Å². The SMILES string of the molecule is Cc1ccccc1CN1CCN(S(=O)(=O)N2CCCC2)CC1. The molecular weight excluding hydrogens is 298 g/mol. The molecule has 2 aliphatic heterocycles. The van der Waals surface area contributed by atoms with E-state index >= 15 is 0 Å². The largest absolute Gasteiger partial charge is 0.296 e. The van der Waals surface area contributed by atoms with Gasteiger partial charge in [-0.25, -0.2) is 0 Å². The Labute approximate surface area is 133 Å². The Morgan fingerprint density at radius 1 is 0.909 bits per heavy atom. The Kier molecular flexibility index (Phi) is 4.82. The van der Waals surface area contributed by atoms with Crippen LogP contribution >= 0.6 is 0 Å². The monoisotopic (exact) mass is 323 g/mol. The van der Waals surface area contributed by atoms with E-state index in [1.54, 1.807) is 8.61 Å². The first kappa shape index (κ1) is 15.9. The Balaban J connectivity index is 1.57. The van der Waals surface area contributed by atoms with Crippen molar-refractivity contribution in [2.24, 2.45) is 0 Å². The van der Waals surface area contributed by atoms with Crippen LogP contribution in [0.5, 0.6) is 0 Å². The molecule has 0 aliphatic carbocycles.